The molecule has 0 aliphatic rings. The summed E-state index contributed by atoms with van der Waals surface area (Å²) in [6, 6.07) is 33.3. The number of aryl methyl sites for hydroxylation is 2. The van der Waals surface area contributed by atoms with Crippen LogP contribution < -0.4 is 4.57 Å². The van der Waals surface area contributed by atoms with Crippen molar-refractivity contribution in [2.75, 3.05) is 0 Å². The largest absolute Gasteiger partial charge is 3.00 e. The predicted molar refractivity (Wildman–Crippen MR) is 109 cm³/mol. The smallest absolute Gasteiger partial charge is 0.394 e. The number of nitrogens with zero attached hydrogens (tertiary/aromatic N) is 2. The second kappa shape index (κ2) is 7.62. The van der Waals surface area contributed by atoms with E-state index in [0.717, 1.165) is 33.3 Å². The van der Waals surface area contributed by atoms with Crippen LogP contribution in [0, 0.1) is 18.2 Å². The van der Waals surface area contributed by atoms with E-state index in [2.05, 4.69) is 96.2 Å². The number of aromatic nitrogens is 2. The molecular weight excluding hydrogens is 417 g/mol. The normalized spacial score (nSPS) is 10.9. The summed E-state index contributed by atoms with van der Waals surface area (Å²) in [6.45, 7) is 0. The number of pyridine rings is 1. The minimum absolute atomic E-state index is 0. The van der Waals surface area contributed by atoms with Crippen LogP contribution in [-0.4, -0.2) is 4.57 Å². The minimum Gasteiger partial charge on any atom is -0.394 e. The SMILES string of the molecule is Cn1c(-c2c3[c-]c(-c4[c-]cccc4)ccc3cc[n+]2C)[c-]c2ccccc21.[Y+3]. The third kappa shape index (κ3) is 3.11. The standard InChI is InChI=1S/C25H18N2.Y/c1-26-15-14-19-12-13-20(18-8-4-3-5-9-18)16-22(19)25(26)24-17-21-10-6-7-11-23(21)27(24)2;/h3-8,10-15H,1-2H3;/q-2;+3. The Morgan fingerprint density at radius 1 is 0.857 bits per heavy atom. The molecule has 0 aliphatic heterocycles. The Balaban J connectivity index is 0.00000192. The Morgan fingerprint density at radius 3 is 2.46 bits per heavy atom. The zero-order chi connectivity index (χ0) is 18.4. The number of para-hydroxylation sites is 1. The number of hydrogen-bond donors (Lipinski definition) is 0. The van der Waals surface area contributed by atoms with E-state index in [-0.39, 0.29) is 32.7 Å². The summed E-state index contributed by atoms with van der Waals surface area (Å²) in [7, 11) is 4.18. The first kappa shape index (κ1) is 19.0. The van der Waals surface area contributed by atoms with Crippen LogP contribution in [0.4, 0.5) is 0 Å². The minimum atomic E-state index is 0. The van der Waals surface area contributed by atoms with Crippen molar-refractivity contribution < 1.29 is 37.3 Å². The maximum absolute atomic E-state index is 3.64. The number of benzene rings is 3. The molecule has 0 amide bonds. The van der Waals surface area contributed by atoms with Gasteiger partial charge in [-0.3, -0.25) is 0 Å². The summed E-state index contributed by atoms with van der Waals surface area (Å²) >= 11 is 0. The monoisotopic (exact) mass is 435 g/mol. The maximum atomic E-state index is 3.64. The zero-order valence-electron chi connectivity index (χ0n) is 15.9. The molecule has 28 heavy (non-hydrogen) atoms. The molecule has 0 spiro atoms. The fourth-order valence-electron chi connectivity index (χ4n) is 3.71. The Bertz CT molecular complexity index is 1290. The fraction of sp³-hybridized carbons (Fsp3) is 0.0800. The van der Waals surface area contributed by atoms with E-state index in [1.807, 2.05) is 18.2 Å². The molecule has 5 aromatic rings. The van der Waals surface area contributed by atoms with E-state index in [4.69, 9.17) is 0 Å². The number of fused-ring (bicyclic) bond motifs is 2. The van der Waals surface area contributed by atoms with Crippen molar-refractivity contribution in [2.45, 2.75) is 0 Å². The third-order valence-electron chi connectivity index (χ3n) is 5.12. The van der Waals surface area contributed by atoms with Crippen LogP contribution in [-0.2, 0) is 46.8 Å². The van der Waals surface area contributed by atoms with Crippen LogP contribution in [0.15, 0.2) is 72.9 Å². The molecule has 3 heteroatoms. The fourth-order valence-corrected chi connectivity index (χ4v) is 3.71. The van der Waals surface area contributed by atoms with E-state index >= 15 is 0 Å². The van der Waals surface area contributed by atoms with Crippen LogP contribution in [0.1, 0.15) is 0 Å². The Labute approximate surface area is 190 Å². The van der Waals surface area contributed by atoms with Crippen molar-refractivity contribution in [3.05, 3.63) is 91.1 Å². The van der Waals surface area contributed by atoms with Crippen molar-refractivity contribution in [3.8, 4) is 22.5 Å². The van der Waals surface area contributed by atoms with Gasteiger partial charge in [-0.2, -0.15) is 42.0 Å². The summed E-state index contributed by atoms with van der Waals surface area (Å²) in [5.41, 5.74) is 5.46. The molecule has 0 aliphatic carbocycles. The second-order valence-electron chi connectivity index (χ2n) is 6.80. The molecule has 0 unspecified atom stereocenters. The van der Waals surface area contributed by atoms with E-state index in [9.17, 15) is 0 Å². The zero-order valence-corrected chi connectivity index (χ0v) is 18.7. The predicted octanol–water partition coefficient (Wildman–Crippen LogP) is 4.89. The van der Waals surface area contributed by atoms with Crippen LogP contribution in [0.5, 0.6) is 0 Å². The van der Waals surface area contributed by atoms with Crippen molar-refractivity contribution in [3.63, 3.8) is 0 Å². The Kier molecular flexibility index (Phi) is 5.18. The average molecular weight is 435 g/mol. The molecule has 0 N–H and O–H groups in total. The molecule has 2 nitrogen and oxygen atoms in total. The first-order valence-electron chi connectivity index (χ1n) is 9.01. The Morgan fingerprint density at radius 2 is 1.68 bits per heavy atom. The topological polar surface area (TPSA) is 8.81 Å². The van der Waals surface area contributed by atoms with Gasteiger partial charge in [-0.05, 0) is 11.6 Å². The van der Waals surface area contributed by atoms with E-state index in [1.54, 1.807) is 0 Å². The van der Waals surface area contributed by atoms with Crippen molar-refractivity contribution in [1.29, 1.82) is 0 Å². The van der Waals surface area contributed by atoms with Gasteiger partial charge >= 0.3 is 32.7 Å². The van der Waals surface area contributed by atoms with E-state index in [0.29, 0.717) is 0 Å². The van der Waals surface area contributed by atoms with E-state index in [1.165, 1.54) is 10.9 Å². The van der Waals surface area contributed by atoms with Crippen LogP contribution in [0.25, 0.3) is 44.2 Å². The van der Waals surface area contributed by atoms with Crippen LogP contribution in [0.3, 0.4) is 0 Å². The molecule has 2 aromatic heterocycles. The molecule has 2 heterocycles. The molecule has 0 atom stereocenters. The Hall–Kier alpha value is -2.29. The summed E-state index contributed by atoms with van der Waals surface area (Å²) in [6.07, 6.45) is 2.10. The van der Waals surface area contributed by atoms with Crippen LogP contribution >= 0.6 is 0 Å². The molecule has 0 saturated carbocycles. The van der Waals surface area contributed by atoms with E-state index < -0.39 is 0 Å². The van der Waals surface area contributed by atoms with Crippen molar-refractivity contribution >= 4 is 21.7 Å². The number of hydrogen-bond acceptors (Lipinski definition) is 0. The van der Waals surface area contributed by atoms with Gasteiger partial charge in [0.15, 0.2) is 6.20 Å². The van der Waals surface area contributed by atoms with Crippen molar-refractivity contribution in [2.24, 2.45) is 14.1 Å². The summed E-state index contributed by atoms with van der Waals surface area (Å²) in [5.74, 6) is 0. The molecule has 0 bridgehead atoms. The molecule has 3 aromatic carbocycles. The summed E-state index contributed by atoms with van der Waals surface area (Å²) in [5, 5.41) is 3.39. The van der Waals surface area contributed by atoms with Gasteiger partial charge in [0.2, 0.25) is 0 Å². The first-order chi connectivity index (χ1) is 13.2. The molecule has 130 valence electrons. The second-order valence-corrected chi connectivity index (χ2v) is 6.80. The van der Waals surface area contributed by atoms with Gasteiger partial charge in [0.1, 0.15) is 12.7 Å². The summed E-state index contributed by atoms with van der Waals surface area (Å²) in [4.78, 5) is 0. The quantitative estimate of drug-likeness (QED) is 0.276. The van der Waals surface area contributed by atoms with Gasteiger partial charge in [-0.25, -0.2) is 10.1 Å². The number of rotatable bonds is 2. The van der Waals surface area contributed by atoms with Gasteiger partial charge in [-0.15, -0.1) is 35.7 Å². The van der Waals surface area contributed by atoms with Gasteiger partial charge in [0.05, 0.1) is 0 Å². The molecular formula is C25H18N2Y+. The molecule has 0 radical (unpaired) electrons. The summed E-state index contributed by atoms with van der Waals surface area (Å²) < 4.78 is 4.36. The van der Waals surface area contributed by atoms with Crippen LogP contribution in [0.2, 0.25) is 0 Å². The average Bonchev–Trinajstić information content (AvgIpc) is 3.04. The first-order valence-corrected chi connectivity index (χ1v) is 9.01. The van der Waals surface area contributed by atoms with Gasteiger partial charge in [-0.1, -0.05) is 22.9 Å². The van der Waals surface area contributed by atoms with Gasteiger partial charge in [0.25, 0.3) is 0 Å². The van der Waals surface area contributed by atoms with Gasteiger partial charge < -0.3 is 4.57 Å². The van der Waals surface area contributed by atoms with Crippen molar-refractivity contribution in [1.82, 2.24) is 4.57 Å². The molecule has 0 saturated heterocycles. The van der Waals surface area contributed by atoms with Gasteiger partial charge in [0, 0.05) is 12.7 Å². The maximum Gasteiger partial charge on any atom is 3.00 e. The third-order valence-corrected chi connectivity index (χ3v) is 5.12. The molecule has 5 rings (SSSR count). The molecule has 0 fully saturated rings.